The first-order chi connectivity index (χ1) is 9.67. The summed E-state index contributed by atoms with van der Waals surface area (Å²) in [5.74, 6) is 0.837. The highest BCUT2D eigenvalue weighted by atomic mass is 32.1. The van der Waals surface area contributed by atoms with Crippen LogP contribution in [0.5, 0.6) is 5.75 Å². The summed E-state index contributed by atoms with van der Waals surface area (Å²) in [4.78, 5) is 3.24. The van der Waals surface area contributed by atoms with Crippen LogP contribution in [0.15, 0.2) is 42.5 Å². The molecule has 0 saturated carbocycles. The molecular formula is C16H16N2OS. The van der Waals surface area contributed by atoms with E-state index >= 15 is 0 Å². The monoisotopic (exact) mass is 284 g/mol. The molecule has 0 radical (unpaired) electrons. The number of nitrogens with one attached hydrogen (secondary N) is 1. The Labute approximate surface area is 122 Å². The lowest BCUT2D eigenvalue weighted by molar-refractivity contribution is 0.415. The number of hydrogen-bond acceptors (Lipinski definition) is 2. The van der Waals surface area contributed by atoms with Gasteiger partial charge in [0.05, 0.1) is 24.7 Å². The number of rotatable bonds is 3. The summed E-state index contributed by atoms with van der Waals surface area (Å²) in [5, 5.41) is 0. The number of aromatic amines is 1. The van der Waals surface area contributed by atoms with Gasteiger partial charge in [-0.15, -0.1) is 0 Å². The third-order valence-corrected chi connectivity index (χ3v) is 3.73. The third kappa shape index (κ3) is 2.34. The fraction of sp³-hybridized carbons (Fsp3) is 0.188. The molecule has 3 aromatic rings. The molecule has 0 fully saturated rings. The molecule has 102 valence electrons. The topological polar surface area (TPSA) is 29.9 Å². The van der Waals surface area contributed by atoms with Crippen molar-refractivity contribution in [3.05, 3.63) is 58.4 Å². The van der Waals surface area contributed by atoms with E-state index in [1.165, 1.54) is 11.1 Å². The highest BCUT2D eigenvalue weighted by molar-refractivity contribution is 7.71. The molecular weight excluding hydrogens is 268 g/mol. The van der Waals surface area contributed by atoms with Crippen LogP contribution in [0.4, 0.5) is 0 Å². The second kappa shape index (κ2) is 5.13. The van der Waals surface area contributed by atoms with E-state index in [9.17, 15) is 0 Å². The first kappa shape index (κ1) is 12.9. The van der Waals surface area contributed by atoms with Gasteiger partial charge in [-0.3, -0.25) is 0 Å². The molecule has 0 atom stereocenters. The van der Waals surface area contributed by atoms with Crippen molar-refractivity contribution in [1.29, 1.82) is 0 Å². The number of imidazole rings is 1. The lowest BCUT2D eigenvalue weighted by atomic mass is 10.1. The van der Waals surface area contributed by atoms with E-state index in [1.807, 2.05) is 18.2 Å². The smallest absolute Gasteiger partial charge is 0.178 e. The van der Waals surface area contributed by atoms with Gasteiger partial charge in [-0.1, -0.05) is 29.8 Å². The van der Waals surface area contributed by atoms with E-state index in [2.05, 4.69) is 40.7 Å². The summed E-state index contributed by atoms with van der Waals surface area (Å²) in [6, 6.07) is 14.4. The first-order valence-corrected chi connectivity index (χ1v) is 6.90. The molecule has 0 bridgehead atoms. The number of fused-ring (bicyclic) bond motifs is 1. The highest BCUT2D eigenvalue weighted by Crippen LogP contribution is 2.21. The van der Waals surface area contributed by atoms with E-state index in [1.54, 1.807) is 7.11 Å². The molecule has 0 unspecified atom stereocenters. The maximum Gasteiger partial charge on any atom is 0.178 e. The summed E-state index contributed by atoms with van der Waals surface area (Å²) in [6.07, 6.45) is 0. The number of nitrogens with zero attached hydrogens (tertiary/aromatic N) is 1. The lowest BCUT2D eigenvalue weighted by Gasteiger charge is -2.07. The van der Waals surface area contributed by atoms with E-state index in [0.29, 0.717) is 0 Å². The minimum Gasteiger partial charge on any atom is -0.497 e. The summed E-state index contributed by atoms with van der Waals surface area (Å²) >= 11 is 5.43. The minimum atomic E-state index is 0.731. The molecule has 0 aliphatic heterocycles. The average Bonchev–Trinajstić information content (AvgIpc) is 2.74. The number of methoxy groups -OCH3 is 1. The van der Waals surface area contributed by atoms with Crippen LogP contribution in [-0.2, 0) is 6.54 Å². The van der Waals surface area contributed by atoms with Crippen LogP contribution in [0.3, 0.4) is 0 Å². The fourth-order valence-corrected chi connectivity index (χ4v) is 2.68. The molecule has 1 heterocycles. The molecule has 0 amide bonds. The number of hydrogen-bond donors (Lipinski definition) is 1. The van der Waals surface area contributed by atoms with Gasteiger partial charge >= 0.3 is 0 Å². The summed E-state index contributed by atoms with van der Waals surface area (Å²) in [7, 11) is 1.67. The summed E-state index contributed by atoms with van der Waals surface area (Å²) < 4.78 is 8.13. The summed E-state index contributed by atoms with van der Waals surface area (Å²) in [5.41, 5.74) is 4.59. The Kier molecular flexibility index (Phi) is 3.32. The molecule has 0 saturated heterocycles. The molecule has 2 aromatic carbocycles. The average molecular weight is 284 g/mol. The van der Waals surface area contributed by atoms with Crippen molar-refractivity contribution in [1.82, 2.24) is 9.55 Å². The number of H-pyrrole nitrogens is 1. The summed E-state index contributed by atoms with van der Waals surface area (Å²) in [6.45, 7) is 2.86. The molecule has 1 aromatic heterocycles. The quantitative estimate of drug-likeness (QED) is 0.735. The number of ether oxygens (including phenoxy) is 1. The third-order valence-electron chi connectivity index (χ3n) is 3.41. The zero-order chi connectivity index (χ0) is 14.1. The van der Waals surface area contributed by atoms with Crippen LogP contribution >= 0.6 is 12.2 Å². The second-order valence-corrected chi connectivity index (χ2v) is 5.28. The molecule has 0 spiro atoms. The van der Waals surface area contributed by atoms with Crippen LogP contribution in [0.1, 0.15) is 11.1 Å². The van der Waals surface area contributed by atoms with Crippen LogP contribution in [0, 0.1) is 11.7 Å². The zero-order valence-electron chi connectivity index (χ0n) is 11.5. The SMILES string of the molecule is COc1ccc2[nH]c(=S)n(Cc3cccc(C)c3)c2c1. The molecule has 3 nitrogen and oxygen atoms in total. The molecule has 20 heavy (non-hydrogen) atoms. The van der Waals surface area contributed by atoms with Crippen LogP contribution in [0.25, 0.3) is 11.0 Å². The maximum atomic E-state index is 5.43. The van der Waals surface area contributed by atoms with Gasteiger partial charge in [0, 0.05) is 6.07 Å². The van der Waals surface area contributed by atoms with Crippen molar-refractivity contribution in [2.24, 2.45) is 0 Å². The van der Waals surface area contributed by atoms with Gasteiger partial charge in [0.15, 0.2) is 4.77 Å². The Hall–Kier alpha value is -2.07. The van der Waals surface area contributed by atoms with Crippen molar-refractivity contribution < 1.29 is 4.74 Å². The van der Waals surface area contributed by atoms with Gasteiger partial charge < -0.3 is 14.3 Å². The van der Waals surface area contributed by atoms with E-state index in [-0.39, 0.29) is 0 Å². The van der Waals surface area contributed by atoms with E-state index < -0.39 is 0 Å². The van der Waals surface area contributed by atoms with Crippen molar-refractivity contribution in [2.75, 3.05) is 7.11 Å². The van der Waals surface area contributed by atoms with Gasteiger partial charge in [0.2, 0.25) is 0 Å². The second-order valence-electron chi connectivity index (χ2n) is 4.89. The van der Waals surface area contributed by atoms with Crippen LogP contribution in [0.2, 0.25) is 0 Å². The fourth-order valence-electron chi connectivity index (χ4n) is 2.41. The molecule has 3 rings (SSSR count). The van der Waals surface area contributed by atoms with Crippen molar-refractivity contribution >= 4 is 23.3 Å². The van der Waals surface area contributed by atoms with Crippen molar-refractivity contribution in [2.45, 2.75) is 13.5 Å². The Morgan fingerprint density at radius 1 is 1.20 bits per heavy atom. The van der Waals surface area contributed by atoms with E-state index in [4.69, 9.17) is 17.0 Å². The number of aromatic nitrogens is 2. The molecule has 1 N–H and O–H groups in total. The van der Waals surface area contributed by atoms with Crippen LogP contribution < -0.4 is 4.74 Å². The van der Waals surface area contributed by atoms with Gasteiger partial charge in [-0.2, -0.15) is 0 Å². The van der Waals surface area contributed by atoms with Crippen molar-refractivity contribution in [3.63, 3.8) is 0 Å². The Morgan fingerprint density at radius 2 is 2.05 bits per heavy atom. The predicted molar refractivity (Wildman–Crippen MR) is 84.0 cm³/mol. The minimum absolute atomic E-state index is 0.731. The van der Waals surface area contributed by atoms with Gasteiger partial charge in [-0.25, -0.2) is 0 Å². The normalized spacial score (nSPS) is 10.9. The van der Waals surface area contributed by atoms with E-state index in [0.717, 1.165) is 28.1 Å². The Balaban J connectivity index is 2.10. The van der Waals surface area contributed by atoms with Crippen molar-refractivity contribution in [3.8, 4) is 5.75 Å². The maximum absolute atomic E-state index is 5.43. The number of aryl methyl sites for hydroxylation is 1. The number of benzene rings is 2. The molecule has 0 aliphatic carbocycles. The van der Waals surface area contributed by atoms with Crippen LogP contribution in [-0.4, -0.2) is 16.7 Å². The first-order valence-electron chi connectivity index (χ1n) is 6.49. The van der Waals surface area contributed by atoms with Gasteiger partial charge in [0.1, 0.15) is 5.75 Å². The lowest BCUT2D eigenvalue weighted by Crippen LogP contribution is -2.00. The Morgan fingerprint density at radius 3 is 2.80 bits per heavy atom. The van der Waals surface area contributed by atoms with Gasteiger partial charge in [-0.05, 0) is 36.8 Å². The highest BCUT2D eigenvalue weighted by Gasteiger charge is 2.06. The molecule has 0 aliphatic rings. The Bertz CT molecular complexity index is 817. The largest absolute Gasteiger partial charge is 0.497 e. The predicted octanol–water partition coefficient (Wildman–Crippen LogP) is 4.06. The standard InChI is InChI=1S/C16H16N2OS/c1-11-4-3-5-12(8-11)10-18-15-9-13(19-2)6-7-14(15)17-16(18)20/h3-9H,10H2,1-2H3,(H,17,20). The zero-order valence-corrected chi connectivity index (χ0v) is 12.3. The van der Waals surface area contributed by atoms with Gasteiger partial charge in [0.25, 0.3) is 0 Å². The molecule has 4 heteroatoms.